The molecule has 1 amide bonds. The van der Waals surface area contributed by atoms with Gasteiger partial charge in [0.25, 0.3) is 5.91 Å². The SMILES string of the molecule is CC(CCc1ccccc1)N1C(=N)N[C@](CCC2CCCCC2)(CC2CCCCC2)C1=O. The second-order valence-corrected chi connectivity index (χ2v) is 10.9. The normalized spacial score (nSPS) is 26.3. The monoisotopic (exact) mass is 437 g/mol. The first-order chi connectivity index (χ1) is 15.6. The van der Waals surface area contributed by atoms with Gasteiger partial charge < -0.3 is 5.32 Å². The molecular weight excluding hydrogens is 394 g/mol. The summed E-state index contributed by atoms with van der Waals surface area (Å²) in [5.74, 6) is 1.92. The molecule has 1 aromatic rings. The third kappa shape index (κ3) is 5.55. The predicted molar refractivity (Wildman–Crippen MR) is 132 cm³/mol. The highest BCUT2D eigenvalue weighted by Crippen LogP contribution is 2.39. The molecule has 1 aromatic carbocycles. The van der Waals surface area contributed by atoms with Gasteiger partial charge in [-0.15, -0.1) is 0 Å². The van der Waals surface area contributed by atoms with Gasteiger partial charge in [-0.3, -0.25) is 15.1 Å². The van der Waals surface area contributed by atoms with Gasteiger partial charge in [0.1, 0.15) is 5.54 Å². The van der Waals surface area contributed by atoms with Gasteiger partial charge in [0.2, 0.25) is 0 Å². The zero-order chi connectivity index (χ0) is 22.4. The molecule has 0 radical (unpaired) electrons. The number of rotatable bonds is 9. The number of nitrogens with one attached hydrogen (secondary N) is 2. The molecule has 3 aliphatic rings. The first-order valence-electron chi connectivity index (χ1n) is 13.3. The quantitative estimate of drug-likeness (QED) is 0.467. The fraction of sp³-hybridized carbons (Fsp3) is 0.714. The molecule has 0 aromatic heterocycles. The van der Waals surface area contributed by atoms with Gasteiger partial charge >= 0.3 is 0 Å². The summed E-state index contributed by atoms with van der Waals surface area (Å²) >= 11 is 0. The summed E-state index contributed by atoms with van der Waals surface area (Å²) in [6.07, 6.45) is 17.9. The van der Waals surface area contributed by atoms with Crippen LogP contribution in [0.4, 0.5) is 0 Å². The molecule has 4 nitrogen and oxygen atoms in total. The minimum atomic E-state index is -0.544. The van der Waals surface area contributed by atoms with E-state index in [4.69, 9.17) is 5.41 Å². The Hall–Kier alpha value is -1.84. The van der Waals surface area contributed by atoms with Crippen LogP contribution in [0.25, 0.3) is 0 Å². The summed E-state index contributed by atoms with van der Waals surface area (Å²) in [4.78, 5) is 15.8. The Balaban J connectivity index is 1.45. The van der Waals surface area contributed by atoms with Crippen LogP contribution in [0.3, 0.4) is 0 Å². The molecule has 4 heteroatoms. The molecule has 1 aliphatic heterocycles. The molecule has 0 bridgehead atoms. The number of aryl methyl sites for hydroxylation is 1. The van der Waals surface area contributed by atoms with E-state index >= 15 is 0 Å². The molecule has 2 aliphatic carbocycles. The van der Waals surface area contributed by atoms with Crippen molar-refractivity contribution in [3.63, 3.8) is 0 Å². The second kappa shape index (κ2) is 10.9. The summed E-state index contributed by atoms with van der Waals surface area (Å²) in [6.45, 7) is 2.12. The molecular formula is C28H43N3O. The van der Waals surface area contributed by atoms with Crippen molar-refractivity contribution in [3.05, 3.63) is 35.9 Å². The van der Waals surface area contributed by atoms with E-state index in [2.05, 4.69) is 36.5 Å². The highest BCUT2D eigenvalue weighted by atomic mass is 16.2. The van der Waals surface area contributed by atoms with E-state index in [-0.39, 0.29) is 11.9 Å². The third-order valence-electron chi connectivity index (χ3n) is 8.43. The number of carbonyl (C=O) groups excluding carboxylic acids is 1. The lowest BCUT2D eigenvalue weighted by atomic mass is 9.75. The molecule has 32 heavy (non-hydrogen) atoms. The van der Waals surface area contributed by atoms with Crippen molar-refractivity contribution < 1.29 is 4.79 Å². The van der Waals surface area contributed by atoms with E-state index in [0.29, 0.717) is 11.9 Å². The zero-order valence-electron chi connectivity index (χ0n) is 20.1. The maximum absolute atomic E-state index is 14.0. The van der Waals surface area contributed by atoms with Crippen molar-refractivity contribution in [2.75, 3.05) is 0 Å². The van der Waals surface area contributed by atoms with Crippen LogP contribution in [-0.4, -0.2) is 28.3 Å². The van der Waals surface area contributed by atoms with E-state index in [9.17, 15) is 4.79 Å². The first kappa shape index (κ1) is 23.3. The zero-order valence-corrected chi connectivity index (χ0v) is 20.1. The average Bonchev–Trinajstić information content (AvgIpc) is 3.07. The van der Waals surface area contributed by atoms with Crippen LogP contribution in [0.15, 0.2) is 30.3 Å². The van der Waals surface area contributed by atoms with Crippen molar-refractivity contribution in [1.82, 2.24) is 10.2 Å². The Morgan fingerprint density at radius 1 is 1.00 bits per heavy atom. The summed E-state index contributed by atoms with van der Waals surface area (Å²) in [6, 6.07) is 10.5. The number of hydrogen-bond acceptors (Lipinski definition) is 2. The Morgan fingerprint density at radius 2 is 1.62 bits per heavy atom. The standard InChI is InChI=1S/C28H43N3O/c1-22(17-18-23-11-5-2-6-12-23)31-26(32)28(30-27(31)29,21-25-15-9-4-10-16-25)20-19-24-13-7-3-8-14-24/h2,5-6,11-12,22,24-25H,3-4,7-10,13-21H2,1H3,(H2,29,30)/t22?,28-/m1/s1. The van der Waals surface area contributed by atoms with Gasteiger partial charge in [0.15, 0.2) is 5.96 Å². The number of benzene rings is 1. The lowest BCUT2D eigenvalue weighted by Crippen LogP contribution is -2.49. The minimum absolute atomic E-state index is 0.0469. The van der Waals surface area contributed by atoms with Crippen molar-refractivity contribution in [2.24, 2.45) is 11.8 Å². The number of nitrogens with zero attached hydrogens (tertiary/aromatic N) is 1. The van der Waals surface area contributed by atoms with Gasteiger partial charge in [0, 0.05) is 6.04 Å². The highest BCUT2D eigenvalue weighted by Gasteiger charge is 2.51. The Kier molecular flexibility index (Phi) is 7.91. The van der Waals surface area contributed by atoms with E-state index < -0.39 is 5.54 Å². The van der Waals surface area contributed by atoms with Gasteiger partial charge in [0.05, 0.1) is 0 Å². The van der Waals surface area contributed by atoms with Crippen molar-refractivity contribution in [3.8, 4) is 0 Å². The van der Waals surface area contributed by atoms with Crippen LogP contribution in [0.2, 0.25) is 0 Å². The maximum Gasteiger partial charge on any atom is 0.255 e. The predicted octanol–water partition coefficient (Wildman–Crippen LogP) is 6.44. The highest BCUT2D eigenvalue weighted by molar-refractivity contribution is 6.08. The van der Waals surface area contributed by atoms with Crippen molar-refractivity contribution in [1.29, 1.82) is 5.41 Å². The topological polar surface area (TPSA) is 56.2 Å². The molecule has 2 atom stereocenters. The molecule has 1 saturated heterocycles. The fourth-order valence-electron chi connectivity index (χ4n) is 6.46. The van der Waals surface area contributed by atoms with E-state index in [0.717, 1.165) is 38.0 Å². The number of hydrogen-bond donors (Lipinski definition) is 2. The summed E-state index contributed by atoms with van der Waals surface area (Å²) in [5, 5.41) is 12.2. The lowest BCUT2D eigenvalue weighted by Gasteiger charge is -2.35. The summed E-state index contributed by atoms with van der Waals surface area (Å²) in [7, 11) is 0. The van der Waals surface area contributed by atoms with Crippen LogP contribution in [-0.2, 0) is 11.2 Å². The van der Waals surface area contributed by atoms with Gasteiger partial charge in [-0.2, -0.15) is 0 Å². The molecule has 3 fully saturated rings. The molecule has 4 rings (SSSR count). The largest absolute Gasteiger partial charge is 0.342 e. The third-order valence-corrected chi connectivity index (χ3v) is 8.43. The summed E-state index contributed by atoms with van der Waals surface area (Å²) < 4.78 is 0. The molecule has 1 heterocycles. The maximum atomic E-state index is 14.0. The smallest absolute Gasteiger partial charge is 0.255 e. The van der Waals surface area contributed by atoms with Crippen LogP contribution in [0, 0.1) is 17.2 Å². The minimum Gasteiger partial charge on any atom is -0.342 e. The number of amides is 1. The first-order valence-corrected chi connectivity index (χ1v) is 13.3. The van der Waals surface area contributed by atoms with E-state index in [1.54, 1.807) is 4.90 Å². The Labute approximate surface area is 195 Å². The second-order valence-electron chi connectivity index (χ2n) is 10.9. The van der Waals surface area contributed by atoms with Gasteiger partial charge in [-0.25, -0.2) is 0 Å². The summed E-state index contributed by atoms with van der Waals surface area (Å²) in [5.41, 5.74) is 0.758. The Bertz CT molecular complexity index is 751. The van der Waals surface area contributed by atoms with E-state index in [1.165, 1.54) is 69.8 Å². The van der Waals surface area contributed by atoms with Crippen LogP contribution in [0.5, 0.6) is 0 Å². The van der Waals surface area contributed by atoms with Crippen molar-refractivity contribution in [2.45, 2.75) is 115 Å². The van der Waals surface area contributed by atoms with Crippen LogP contribution >= 0.6 is 0 Å². The molecule has 0 spiro atoms. The molecule has 2 N–H and O–H groups in total. The average molecular weight is 438 g/mol. The fourth-order valence-corrected chi connectivity index (χ4v) is 6.46. The van der Waals surface area contributed by atoms with E-state index in [1.807, 2.05) is 6.07 Å². The van der Waals surface area contributed by atoms with Gasteiger partial charge in [-0.05, 0) is 56.4 Å². The lowest BCUT2D eigenvalue weighted by molar-refractivity contribution is -0.133. The Morgan fingerprint density at radius 3 is 2.28 bits per heavy atom. The van der Waals surface area contributed by atoms with Crippen molar-refractivity contribution >= 4 is 11.9 Å². The molecule has 176 valence electrons. The molecule has 2 saturated carbocycles. The number of guanidine groups is 1. The van der Waals surface area contributed by atoms with Crippen LogP contribution in [0.1, 0.15) is 102 Å². The van der Waals surface area contributed by atoms with Gasteiger partial charge in [-0.1, -0.05) is 94.5 Å². The molecule has 1 unspecified atom stereocenters. The number of carbonyl (C=O) groups is 1. The van der Waals surface area contributed by atoms with Crippen LogP contribution < -0.4 is 5.32 Å².